The Morgan fingerprint density at radius 3 is 2.38 bits per heavy atom. The van der Waals surface area contributed by atoms with Gasteiger partial charge in [0.15, 0.2) is 0 Å². The van der Waals surface area contributed by atoms with Gasteiger partial charge in [0.25, 0.3) is 0 Å². The minimum atomic E-state index is -0.921. The van der Waals surface area contributed by atoms with Crippen LogP contribution in [-0.2, 0) is 0 Å². The molecule has 0 spiro atoms. The third kappa shape index (κ3) is 2.75. The summed E-state index contributed by atoms with van der Waals surface area (Å²) in [4.78, 5) is 19.2. The van der Waals surface area contributed by atoms with Gasteiger partial charge in [-0.3, -0.25) is 0 Å². The van der Waals surface area contributed by atoms with Gasteiger partial charge in [0, 0.05) is 11.1 Å². The number of rotatable bonds is 3. The Morgan fingerprint density at radius 1 is 0.923 bits per heavy atom. The van der Waals surface area contributed by atoms with Crippen molar-refractivity contribution in [2.24, 2.45) is 0 Å². The van der Waals surface area contributed by atoms with E-state index in [2.05, 4.69) is 43.1 Å². The number of pyridine rings is 1. The molecule has 0 aliphatic rings. The highest BCUT2D eigenvalue weighted by Crippen LogP contribution is 2.28. The lowest BCUT2D eigenvalue weighted by Crippen LogP contribution is -1.95. The average molecular weight is 342 g/mol. The van der Waals surface area contributed by atoms with E-state index < -0.39 is 5.97 Å². The molecule has 0 amide bonds. The molecule has 4 rings (SSSR count). The summed E-state index contributed by atoms with van der Waals surface area (Å²) < 4.78 is 0. The number of nitrogens with zero attached hydrogens (tertiary/aromatic N) is 1. The molecular formula is C22H18N2O2. The minimum Gasteiger partial charge on any atom is -0.478 e. The van der Waals surface area contributed by atoms with Gasteiger partial charge in [-0.15, -0.1) is 0 Å². The molecule has 0 fully saturated rings. The van der Waals surface area contributed by atoms with Gasteiger partial charge in [-0.2, -0.15) is 0 Å². The van der Waals surface area contributed by atoms with Gasteiger partial charge in [-0.05, 0) is 60.9 Å². The maximum atomic E-state index is 11.0. The van der Waals surface area contributed by atoms with E-state index in [1.165, 1.54) is 10.9 Å². The lowest BCUT2D eigenvalue weighted by atomic mass is 10.0. The van der Waals surface area contributed by atoms with Gasteiger partial charge in [-0.1, -0.05) is 30.3 Å². The number of hydrogen-bond acceptors (Lipinski definition) is 2. The largest absolute Gasteiger partial charge is 0.478 e. The highest BCUT2D eigenvalue weighted by atomic mass is 16.4. The van der Waals surface area contributed by atoms with E-state index in [0.717, 1.165) is 33.7 Å². The topological polar surface area (TPSA) is 66.0 Å². The van der Waals surface area contributed by atoms with E-state index >= 15 is 0 Å². The molecular weight excluding hydrogens is 324 g/mol. The highest BCUT2D eigenvalue weighted by molar-refractivity contribution is 5.89. The number of hydrogen-bond donors (Lipinski definition) is 2. The molecule has 0 saturated heterocycles. The van der Waals surface area contributed by atoms with Crippen molar-refractivity contribution in [1.82, 2.24) is 9.97 Å². The number of para-hydroxylation sites is 1. The summed E-state index contributed by atoms with van der Waals surface area (Å²) >= 11 is 0. The van der Waals surface area contributed by atoms with Crippen LogP contribution in [0.4, 0.5) is 0 Å². The van der Waals surface area contributed by atoms with E-state index in [4.69, 9.17) is 10.1 Å². The van der Waals surface area contributed by atoms with Crippen LogP contribution in [0.15, 0.2) is 60.7 Å². The zero-order valence-electron chi connectivity index (χ0n) is 14.6. The van der Waals surface area contributed by atoms with E-state index in [0.29, 0.717) is 0 Å². The molecule has 0 aliphatic carbocycles. The lowest BCUT2D eigenvalue weighted by Gasteiger charge is -2.07. The molecule has 2 aromatic carbocycles. The summed E-state index contributed by atoms with van der Waals surface area (Å²) in [6, 6.07) is 19.1. The fourth-order valence-corrected chi connectivity index (χ4v) is 3.20. The fraction of sp³-hybridized carbons (Fsp3) is 0.0909. The molecule has 128 valence electrons. The Labute approximate surface area is 151 Å². The smallest absolute Gasteiger partial charge is 0.335 e. The molecule has 26 heavy (non-hydrogen) atoms. The molecule has 2 aromatic heterocycles. The summed E-state index contributed by atoms with van der Waals surface area (Å²) in [7, 11) is 0. The average Bonchev–Trinajstić information content (AvgIpc) is 3.13. The van der Waals surface area contributed by atoms with E-state index in [1.807, 2.05) is 24.3 Å². The third-order valence-electron chi connectivity index (χ3n) is 4.65. The van der Waals surface area contributed by atoms with Gasteiger partial charge in [0.1, 0.15) is 0 Å². The second-order valence-electron chi connectivity index (χ2n) is 6.46. The van der Waals surface area contributed by atoms with Crippen molar-refractivity contribution in [3.63, 3.8) is 0 Å². The fourth-order valence-electron chi connectivity index (χ4n) is 3.20. The van der Waals surface area contributed by atoms with Crippen LogP contribution in [0.3, 0.4) is 0 Å². The summed E-state index contributed by atoms with van der Waals surface area (Å²) in [6.07, 6.45) is 0. The molecule has 0 aliphatic heterocycles. The second kappa shape index (κ2) is 6.15. The van der Waals surface area contributed by atoms with Crippen LogP contribution in [0, 0.1) is 13.8 Å². The predicted octanol–water partition coefficient (Wildman–Crippen LogP) is 5.21. The summed E-state index contributed by atoms with van der Waals surface area (Å²) in [5.41, 5.74) is 7.36. The Hall–Kier alpha value is -3.40. The van der Waals surface area contributed by atoms with Gasteiger partial charge in [-0.25, -0.2) is 9.78 Å². The molecule has 0 atom stereocenters. The molecule has 4 nitrogen and oxygen atoms in total. The van der Waals surface area contributed by atoms with E-state index in [1.54, 1.807) is 12.1 Å². The number of nitrogens with one attached hydrogen (secondary N) is 1. The minimum absolute atomic E-state index is 0.280. The van der Waals surface area contributed by atoms with Crippen LogP contribution in [0.1, 0.15) is 21.5 Å². The Kier molecular flexibility index (Phi) is 3.81. The number of aromatic amines is 1. The van der Waals surface area contributed by atoms with Gasteiger partial charge in [0.05, 0.1) is 22.5 Å². The number of carboxylic acids is 1. The van der Waals surface area contributed by atoms with Crippen molar-refractivity contribution in [3.8, 4) is 22.6 Å². The van der Waals surface area contributed by atoms with Crippen LogP contribution < -0.4 is 0 Å². The number of aromatic nitrogens is 2. The zero-order valence-corrected chi connectivity index (χ0v) is 14.6. The Balaban J connectivity index is 1.75. The molecule has 0 radical (unpaired) electrons. The van der Waals surface area contributed by atoms with Crippen LogP contribution in [-0.4, -0.2) is 21.0 Å². The first kappa shape index (κ1) is 16.1. The van der Waals surface area contributed by atoms with Crippen molar-refractivity contribution in [1.29, 1.82) is 0 Å². The van der Waals surface area contributed by atoms with Crippen LogP contribution in [0.5, 0.6) is 0 Å². The van der Waals surface area contributed by atoms with Crippen molar-refractivity contribution < 1.29 is 9.90 Å². The predicted molar refractivity (Wildman–Crippen MR) is 103 cm³/mol. The highest BCUT2D eigenvalue weighted by Gasteiger charge is 2.10. The normalized spacial score (nSPS) is 11.0. The first-order valence-electron chi connectivity index (χ1n) is 8.43. The lowest BCUT2D eigenvalue weighted by molar-refractivity contribution is 0.0697. The third-order valence-corrected chi connectivity index (χ3v) is 4.65. The summed E-state index contributed by atoms with van der Waals surface area (Å²) in [6.45, 7) is 4.17. The quantitative estimate of drug-likeness (QED) is 0.537. The number of carbonyl (C=O) groups is 1. The second-order valence-corrected chi connectivity index (χ2v) is 6.46. The molecule has 2 N–H and O–H groups in total. The number of benzene rings is 2. The number of H-pyrrole nitrogens is 1. The molecule has 4 aromatic rings. The van der Waals surface area contributed by atoms with Crippen LogP contribution >= 0.6 is 0 Å². The molecule has 4 heteroatoms. The molecule has 0 bridgehead atoms. The zero-order chi connectivity index (χ0) is 18.3. The SMILES string of the molecule is Cc1cc(-c2ccc(-c3ccc(C(=O)O)cc3)[nH]2)nc2c(C)cccc12. The number of aromatic carboxylic acids is 1. The van der Waals surface area contributed by atoms with Crippen molar-refractivity contribution in [3.05, 3.63) is 77.4 Å². The van der Waals surface area contributed by atoms with Gasteiger partial charge >= 0.3 is 5.97 Å². The maximum absolute atomic E-state index is 11.0. The maximum Gasteiger partial charge on any atom is 0.335 e. The number of carboxylic acid groups (broad SMARTS) is 1. The van der Waals surface area contributed by atoms with Gasteiger partial charge < -0.3 is 10.1 Å². The van der Waals surface area contributed by atoms with Crippen LogP contribution in [0.25, 0.3) is 33.5 Å². The standard InChI is InChI=1S/C22H18N2O2/c1-13-4-3-5-17-14(2)12-20(24-21(13)17)19-11-10-18(23-19)15-6-8-16(9-7-15)22(25)26/h3-12,23H,1-2H3,(H,25,26). The van der Waals surface area contributed by atoms with Crippen molar-refractivity contribution in [2.45, 2.75) is 13.8 Å². The summed E-state index contributed by atoms with van der Waals surface area (Å²) in [5.74, 6) is -0.921. The Morgan fingerprint density at radius 2 is 1.65 bits per heavy atom. The molecule has 0 unspecified atom stereocenters. The van der Waals surface area contributed by atoms with Crippen LogP contribution in [0.2, 0.25) is 0 Å². The Bertz CT molecular complexity index is 1120. The van der Waals surface area contributed by atoms with E-state index in [-0.39, 0.29) is 5.56 Å². The van der Waals surface area contributed by atoms with Gasteiger partial charge in [0.2, 0.25) is 0 Å². The van der Waals surface area contributed by atoms with Crippen molar-refractivity contribution in [2.75, 3.05) is 0 Å². The van der Waals surface area contributed by atoms with E-state index in [9.17, 15) is 4.79 Å². The first-order chi connectivity index (χ1) is 12.5. The first-order valence-corrected chi connectivity index (χ1v) is 8.43. The monoisotopic (exact) mass is 342 g/mol. The number of aryl methyl sites for hydroxylation is 2. The summed E-state index contributed by atoms with van der Waals surface area (Å²) in [5, 5.41) is 10.2. The number of fused-ring (bicyclic) bond motifs is 1. The molecule has 0 saturated carbocycles. The molecule has 2 heterocycles. The van der Waals surface area contributed by atoms with Crippen molar-refractivity contribution >= 4 is 16.9 Å².